The minimum Gasteiger partial charge on any atom is -0.377 e. The maximum Gasteiger partial charge on any atom is 0.256 e. The smallest absolute Gasteiger partial charge is 0.256 e. The Morgan fingerprint density at radius 1 is 1.58 bits per heavy atom. The van der Waals surface area contributed by atoms with Crippen molar-refractivity contribution < 1.29 is 9.53 Å². The maximum absolute atomic E-state index is 12.7. The van der Waals surface area contributed by atoms with Gasteiger partial charge in [0.1, 0.15) is 0 Å². The largest absolute Gasteiger partial charge is 0.377 e. The number of amides is 1. The fourth-order valence-corrected chi connectivity index (χ4v) is 2.38. The summed E-state index contributed by atoms with van der Waals surface area (Å²) < 4.78 is 5.44. The van der Waals surface area contributed by atoms with E-state index in [0.717, 1.165) is 12.0 Å². The lowest BCUT2D eigenvalue weighted by atomic mass is 10.1. The lowest BCUT2D eigenvalue weighted by Gasteiger charge is -2.35. The summed E-state index contributed by atoms with van der Waals surface area (Å²) in [6.07, 6.45) is 0.892. The molecule has 1 fully saturated rings. The van der Waals surface area contributed by atoms with Crippen molar-refractivity contribution in [2.24, 2.45) is 5.84 Å². The molecule has 0 radical (unpaired) electrons. The molecule has 1 saturated heterocycles. The number of hydrazine groups is 1. The number of carbonyl (C=O) groups excluding carboxylic acids is 1. The Balaban J connectivity index is 2.29. The number of carbonyl (C=O) groups is 1. The number of nitrogens with one attached hydrogen (secondary N) is 1. The Morgan fingerprint density at radius 3 is 3.05 bits per heavy atom. The zero-order valence-corrected chi connectivity index (χ0v) is 11.5. The van der Waals surface area contributed by atoms with Crippen LogP contribution in [-0.2, 0) is 4.74 Å². The molecule has 0 spiro atoms. The summed E-state index contributed by atoms with van der Waals surface area (Å²) in [6, 6.07) is 5.79. The Kier molecular flexibility index (Phi) is 4.39. The molecule has 1 aliphatic rings. The van der Waals surface area contributed by atoms with Crippen molar-refractivity contribution in [3.8, 4) is 0 Å². The lowest BCUT2D eigenvalue weighted by Crippen LogP contribution is -2.48. The first-order valence-corrected chi connectivity index (χ1v) is 6.63. The molecule has 0 bridgehead atoms. The number of nitrogen functional groups attached to an aromatic ring is 1. The van der Waals surface area contributed by atoms with Gasteiger partial charge in [-0.1, -0.05) is 18.6 Å². The van der Waals surface area contributed by atoms with Gasteiger partial charge in [-0.15, -0.1) is 0 Å². The molecule has 19 heavy (non-hydrogen) atoms. The molecule has 1 aromatic carbocycles. The first-order chi connectivity index (χ1) is 9.17. The van der Waals surface area contributed by atoms with Crippen molar-refractivity contribution in [1.29, 1.82) is 0 Å². The zero-order chi connectivity index (χ0) is 13.8. The predicted molar refractivity (Wildman–Crippen MR) is 74.9 cm³/mol. The van der Waals surface area contributed by atoms with Gasteiger partial charge in [-0.25, -0.2) is 0 Å². The summed E-state index contributed by atoms with van der Waals surface area (Å²) in [6.45, 7) is 5.87. The number of rotatable bonds is 3. The first-order valence-electron chi connectivity index (χ1n) is 6.63. The highest BCUT2D eigenvalue weighted by Crippen LogP contribution is 2.21. The Morgan fingerprint density at radius 2 is 2.37 bits per heavy atom. The third-order valence-corrected chi connectivity index (χ3v) is 3.52. The summed E-state index contributed by atoms with van der Waals surface area (Å²) in [5.74, 6) is 5.51. The zero-order valence-electron chi connectivity index (χ0n) is 11.5. The number of anilines is 1. The van der Waals surface area contributed by atoms with Crippen LogP contribution in [0.2, 0.25) is 0 Å². The number of hydrogen-bond donors (Lipinski definition) is 2. The molecule has 3 N–H and O–H groups in total. The number of aryl methyl sites for hydroxylation is 1. The Hall–Kier alpha value is -1.59. The van der Waals surface area contributed by atoms with E-state index in [0.29, 0.717) is 31.0 Å². The van der Waals surface area contributed by atoms with Gasteiger partial charge in [-0.2, -0.15) is 0 Å². The molecule has 1 amide bonds. The van der Waals surface area contributed by atoms with E-state index >= 15 is 0 Å². The minimum atomic E-state index is 0.0202. The summed E-state index contributed by atoms with van der Waals surface area (Å²) in [5, 5.41) is 0. The third-order valence-electron chi connectivity index (χ3n) is 3.52. The number of ether oxygens (including phenoxy) is 1. The van der Waals surface area contributed by atoms with Crippen molar-refractivity contribution in [3.05, 3.63) is 29.3 Å². The van der Waals surface area contributed by atoms with Crippen LogP contribution < -0.4 is 11.3 Å². The standard InChI is InChI=1S/C14H21N3O2/c1-3-11-9-19-7-6-17(11)14(18)12-8-10(2)4-5-13(12)16-15/h4-5,8,11,16H,3,6-7,9,15H2,1-2H3. The topological polar surface area (TPSA) is 67.6 Å². The van der Waals surface area contributed by atoms with Crippen LogP contribution >= 0.6 is 0 Å². The molecule has 0 aliphatic carbocycles. The van der Waals surface area contributed by atoms with Gasteiger partial charge in [0.05, 0.1) is 30.5 Å². The fourth-order valence-electron chi connectivity index (χ4n) is 2.38. The van der Waals surface area contributed by atoms with E-state index in [2.05, 4.69) is 12.3 Å². The van der Waals surface area contributed by atoms with E-state index in [-0.39, 0.29) is 11.9 Å². The second-order valence-electron chi connectivity index (χ2n) is 4.83. The van der Waals surface area contributed by atoms with Crippen LogP contribution in [0.1, 0.15) is 29.3 Å². The number of hydrogen-bond acceptors (Lipinski definition) is 4. The van der Waals surface area contributed by atoms with Gasteiger partial charge in [-0.05, 0) is 25.5 Å². The van der Waals surface area contributed by atoms with Crippen LogP contribution in [-0.4, -0.2) is 36.6 Å². The first kappa shape index (κ1) is 13.8. The monoisotopic (exact) mass is 263 g/mol. The molecule has 1 unspecified atom stereocenters. The van der Waals surface area contributed by atoms with Crippen LogP contribution in [0.15, 0.2) is 18.2 Å². The van der Waals surface area contributed by atoms with Gasteiger partial charge in [-0.3, -0.25) is 10.6 Å². The second kappa shape index (κ2) is 6.04. The Labute approximate surface area is 113 Å². The molecule has 1 aromatic rings. The molecule has 5 heteroatoms. The summed E-state index contributed by atoms with van der Waals surface area (Å²) in [7, 11) is 0. The summed E-state index contributed by atoms with van der Waals surface area (Å²) in [4.78, 5) is 14.6. The van der Waals surface area contributed by atoms with Crippen molar-refractivity contribution in [1.82, 2.24) is 4.90 Å². The van der Waals surface area contributed by atoms with Crippen molar-refractivity contribution >= 4 is 11.6 Å². The molecular formula is C14H21N3O2. The van der Waals surface area contributed by atoms with Crippen LogP contribution in [0, 0.1) is 6.92 Å². The highest BCUT2D eigenvalue weighted by molar-refractivity contribution is 6.00. The predicted octanol–water partition coefficient (Wildman–Crippen LogP) is 1.53. The molecule has 1 atom stereocenters. The van der Waals surface area contributed by atoms with Gasteiger partial charge in [0.25, 0.3) is 5.91 Å². The van der Waals surface area contributed by atoms with E-state index in [9.17, 15) is 4.79 Å². The second-order valence-corrected chi connectivity index (χ2v) is 4.83. The minimum absolute atomic E-state index is 0.0202. The number of benzene rings is 1. The molecule has 1 aliphatic heterocycles. The third kappa shape index (κ3) is 2.88. The molecule has 104 valence electrons. The number of morpholine rings is 1. The summed E-state index contributed by atoms with van der Waals surface area (Å²) >= 11 is 0. The average molecular weight is 263 g/mol. The Bertz CT molecular complexity index is 462. The van der Waals surface area contributed by atoms with Crippen molar-refractivity contribution in [2.45, 2.75) is 26.3 Å². The number of nitrogens with zero attached hydrogens (tertiary/aromatic N) is 1. The van der Waals surface area contributed by atoms with Gasteiger partial charge in [0, 0.05) is 6.54 Å². The normalized spacial score (nSPS) is 19.3. The quantitative estimate of drug-likeness (QED) is 0.641. The van der Waals surface area contributed by atoms with Crippen LogP contribution in [0.5, 0.6) is 0 Å². The SMILES string of the molecule is CCC1COCCN1C(=O)c1cc(C)ccc1NN. The summed E-state index contributed by atoms with van der Waals surface area (Å²) in [5.41, 5.74) is 4.93. The average Bonchev–Trinajstić information content (AvgIpc) is 2.46. The maximum atomic E-state index is 12.7. The highest BCUT2D eigenvalue weighted by atomic mass is 16.5. The van der Waals surface area contributed by atoms with E-state index in [1.54, 1.807) is 0 Å². The fraction of sp³-hybridized carbons (Fsp3) is 0.500. The molecule has 0 saturated carbocycles. The van der Waals surface area contributed by atoms with E-state index in [1.807, 2.05) is 30.0 Å². The van der Waals surface area contributed by atoms with Gasteiger partial charge < -0.3 is 15.1 Å². The van der Waals surface area contributed by atoms with Crippen LogP contribution in [0.25, 0.3) is 0 Å². The molecule has 1 heterocycles. The number of nitrogens with two attached hydrogens (primary N) is 1. The van der Waals surface area contributed by atoms with Crippen molar-refractivity contribution in [2.75, 3.05) is 25.2 Å². The van der Waals surface area contributed by atoms with Gasteiger partial charge >= 0.3 is 0 Å². The van der Waals surface area contributed by atoms with E-state index < -0.39 is 0 Å². The van der Waals surface area contributed by atoms with E-state index in [1.165, 1.54) is 0 Å². The molecule has 5 nitrogen and oxygen atoms in total. The van der Waals surface area contributed by atoms with Crippen LogP contribution in [0.4, 0.5) is 5.69 Å². The van der Waals surface area contributed by atoms with Crippen LogP contribution in [0.3, 0.4) is 0 Å². The molecule has 0 aromatic heterocycles. The lowest BCUT2D eigenvalue weighted by molar-refractivity contribution is -0.00275. The highest BCUT2D eigenvalue weighted by Gasteiger charge is 2.28. The van der Waals surface area contributed by atoms with E-state index in [4.69, 9.17) is 10.6 Å². The molecular weight excluding hydrogens is 242 g/mol. The van der Waals surface area contributed by atoms with Gasteiger partial charge in [0.2, 0.25) is 0 Å². The molecule has 2 rings (SSSR count). The van der Waals surface area contributed by atoms with Crippen molar-refractivity contribution in [3.63, 3.8) is 0 Å². The van der Waals surface area contributed by atoms with Gasteiger partial charge in [0.15, 0.2) is 0 Å².